The number of carbonyl (C=O) groups is 2. The molecule has 0 saturated heterocycles. The average molecular weight is 613 g/mol. The van der Waals surface area contributed by atoms with Crippen molar-refractivity contribution in [1.29, 1.82) is 0 Å². The third-order valence-electron chi connectivity index (χ3n) is 8.53. The molecule has 0 spiro atoms. The first-order valence-corrected chi connectivity index (χ1v) is 17.8. The Balaban J connectivity index is 2.62. The molecule has 5 heteroatoms. The molecule has 250 valence electrons. The largest absolute Gasteiger partial charge is 0.490 e. The van der Waals surface area contributed by atoms with E-state index in [1.807, 2.05) is 0 Å². The molecule has 0 heterocycles. The van der Waals surface area contributed by atoms with E-state index >= 15 is 0 Å². The fourth-order valence-corrected chi connectivity index (χ4v) is 5.51. The summed E-state index contributed by atoms with van der Waals surface area (Å²) in [7, 11) is 0. The van der Waals surface area contributed by atoms with Gasteiger partial charge in [-0.1, -0.05) is 122 Å². The van der Waals surface area contributed by atoms with Crippen LogP contribution in [-0.4, -0.2) is 31.6 Å². The number of rotatable bonds is 31. The van der Waals surface area contributed by atoms with Gasteiger partial charge in [0.1, 0.15) is 11.5 Å². The summed E-state index contributed by atoms with van der Waals surface area (Å²) >= 11 is 0. The van der Waals surface area contributed by atoms with Crippen LogP contribution in [0.4, 0.5) is 0 Å². The van der Waals surface area contributed by atoms with Gasteiger partial charge in [-0.2, -0.15) is 0 Å². The fourth-order valence-electron chi connectivity index (χ4n) is 5.51. The number of allylic oxidation sites excluding steroid dienone is 3. The van der Waals surface area contributed by atoms with Crippen LogP contribution in [0, 0.1) is 17.8 Å². The van der Waals surface area contributed by atoms with Crippen molar-refractivity contribution in [3.8, 4) is 0 Å². The van der Waals surface area contributed by atoms with Gasteiger partial charge in [0.05, 0.1) is 19.8 Å². The second-order valence-electron chi connectivity index (χ2n) is 12.6. The van der Waals surface area contributed by atoms with Gasteiger partial charge in [0, 0.05) is 25.2 Å². The number of unbranched alkanes of at least 4 members (excludes halogenated alkanes) is 10. The normalized spacial score (nSPS) is 13.7. The molecule has 44 heavy (non-hydrogen) atoms. The summed E-state index contributed by atoms with van der Waals surface area (Å²) in [5, 5.41) is 0. The van der Waals surface area contributed by atoms with Crippen LogP contribution >= 0.6 is 0 Å². The van der Waals surface area contributed by atoms with Gasteiger partial charge in [0.25, 0.3) is 0 Å². The van der Waals surface area contributed by atoms with Crippen LogP contribution < -0.4 is 0 Å². The highest BCUT2D eigenvalue weighted by Crippen LogP contribution is 2.35. The lowest BCUT2D eigenvalue weighted by Crippen LogP contribution is -2.16. The van der Waals surface area contributed by atoms with Crippen molar-refractivity contribution >= 4 is 11.8 Å². The Hall–Kier alpha value is -2.48. The van der Waals surface area contributed by atoms with E-state index in [0.29, 0.717) is 44.2 Å². The lowest BCUT2D eigenvalue weighted by atomic mass is 9.92. The molecule has 1 aliphatic rings. The summed E-state index contributed by atoms with van der Waals surface area (Å²) < 4.78 is 17.7. The molecule has 0 aromatic rings. The summed E-state index contributed by atoms with van der Waals surface area (Å²) in [4.78, 5) is 25.2. The molecular weight excluding hydrogens is 548 g/mol. The Morgan fingerprint density at radius 2 is 1.20 bits per heavy atom. The zero-order valence-corrected chi connectivity index (χ0v) is 28.4. The first kappa shape index (κ1) is 39.5. The molecule has 1 saturated carbocycles. The van der Waals surface area contributed by atoms with Gasteiger partial charge >= 0.3 is 5.97 Å². The molecule has 5 nitrogen and oxygen atoms in total. The molecule has 2 unspecified atom stereocenters. The summed E-state index contributed by atoms with van der Waals surface area (Å²) in [6.07, 6.45) is 23.0. The van der Waals surface area contributed by atoms with Crippen molar-refractivity contribution in [2.45, 2.75) is 149 Å². The highest BCUT2D eigenvalue weighted by molar-refractivity contribution is 5.91. The lowest BCUT2D eigenvalue weighted by Gasteiger charge is -2.19. The SMILES string of the molecule is C=C=C(CC(CC(=O)OCCCCCCCC)CC(=C=C)OCCCC(CCC1CC1)C(=O)C=C)OCCCCCCCC. The van der Waals surface area contributed by atoms with Crippen LogP contribution in [0.15, 0.2) is 48.8 Å². The molecule has 0 aromatic carbocycles. The molecule has 1 aliphatic carbocycles. The van der Waals surface area contributed by atoms with Crippen molar-refractivity contribution in [1.82, 2.24) is 0 Å². The van der Waals surface area contributed by atoms with E-state index in [0.717, 1.165) is 57.3 Å². The molecule has 0 aliphatic heterocycles. The minimum atomic E-state index is -0.201. The highest BCUT2D eigenvalue weighted by Gasteiger charge is 2.25. The van der Waals surface area contributed by atoms with Crippen molar-refractivity contribution in [3.05, 3.63) is 48.8 Å². The van der Waals surface area contributed by atoms with Crippen LogP contribution in [0.3, 0.4) is 0 Å². The van der Waals surface area contributed by atoms with Gasteiger partial charge in [-0.3, -0.25) is 9.59 Å². The van der Waals surface area contributed by atoms with Gasteiger partial charge in [-0.25, -0.2) is 0 Å². The van der Waals surface area contributed by atoms with Crippen LogP contribution in [0.1, 0.15) is 149 Å². The van der Waals surface area contributed by atoms with E-state index in [9.17, 15) is 9.59 Å². The third-order valence-corrected chi connectivity index (χ3v) is 8.53. The highest BCUT2D eigenvalue weighted by atomic mass is 16.5. The Morgan fingerprint density at radius 3 is 1.70 bits per heavy atom. The van der Waals surface area contributed by atoms with Crippen molar-refractivity contribution in [2.24, 2.45) is 17.8 Å². The summed E-state index contributed by atoms with van der Waals surface area (Å²) in [5.74, 6) is 1.96. The Labute approximate surface area is 270 Å². The number of carbonyl (C=O) groups excluding carboxylic acids is 2. The summed E-state index contributed by atoms with van der Waals surface area (Å²) in [6.45, 7) is 17.4. The van der Waals surface area contributed by atoms with Crippen LogP contribution in [-0.2, 0) is 23.8 Å². The first-order chi connectivity index (χ1) is 21.5. The topological polar surface area (TPSA) is 61.8 Å². The van der Waals surface area contributed by atoms with Crippen molar-refractivity contribution < 1.29 is 23.8 Å². The van der Waals surface area contributed by atoms with Crippen molar-refractivity contribution in [3.63, 3.8) is 0 Å². The van der Waals surface area contributed by atoms with Gasteiger partial charge in [-0.15, -0.1) is 0 Å². The molecule has 0 amide bonds. The Bertz CT molecular complexity index is 888. The molecule has 0 aromatic heterocycles. The quantitative estimate of drug-likeness (QED) is 0.0256. The Morgan fingerprint density at radius 1 is 0.705 bits per heavy atom. The van der Waals surface area contributed by atoms with Crippen LogP contribution in [0.2, 0.25) is 0 Å². The second kappa shape index (κ2) is 26.9. The first-order valence-electron chi connectivity index (χ1n) is 17.8. The molecule has 0 bridgehead atoms. The van der Waals surface area contributed by atoms with Gasteiger partial charge in [-0.05, 0) is 56.4 Å². The van der Waals surface area contributed by atoms with Crippen molar-refractivity contribution in [2.75, 3.05) is 19.8 Å². The number of ketones is 1. The van der Waals surface area contributed by atoms with E-state index in [2.05, 4.69) is 45.0 Å². The average Bonchev–Trinajstić information content (AvgIpc) is 3.86. The number of esters is 1. The number of ether oxygens (including phenoxy) is 3. The van der Waals surface area contributed by atoms with Gasteiger partial charge in [0.15, 0.2) is 5.78 Å². The number of hydrogen-bond donors (Lipinski definition) is 0. The summed E-state index contributed by atoms with van der Waals surface area (Å²) in [5.41, 5.74) is 5.90. The van der Waals surface area contributed by atoms with Crippen LogP contribution in [0.25, 0.3) is 0 Å². The van der Waals surface area contributed by atoms with Crippen LogP contribution in [0.5, 0.6) is 0 Å². The maximum absolute atomic E-state index is 12.8. The molecular formula is C39H64O5. The zero-order valence-electron chi connectivity index (χ0n) is 28.4. The maximum atomic E-state index is 12.8. The standard InChI is InChI=1S/C39H64O5/c1-6-11-13-15-17-19-27-42-36(8-3)30-34(32-39(41)44-28-20-18-16-14-12-7-2)31-37(9-4)43-29-21-22-35(38(40)10-5)26-25-33-23-24-33/h10,33-35H,3-7,11-32H2,1-2H3. The van der Waals surface area contributed by atoms with E-state index < -0.39 is 0 Å². The molecule has 1 rings (SSSR count). The van der Waals surface area contributed by atoms with E-state index in [4.69, 9.17) is 14.2 Å². The predicted molar refractivity (Wildman–Crippen MR) is 182 cm³/mol. The third kappa shape index (κ3) is 21.3. The van der Waals surface area contributed by atoms with E-state index in [-0.39, 0.29) is 30.0 Å². The summed E-state index contributed by atoms with van der Waals surface area (Å²) in [6, 6.07) is 0. The Kier molecular flexibility index (Phi) is 24.2. The zero-order chi connectivity index (χ0) is 32.3. The second-order valence-corrected chi connectivity index (χ2v) is 12.6. The minimum Gasteiger partial charge on any atom is -0.490 e. The monoisotopic (exact) mass is 612 g/mol. The van der Waals surface area contributed by atoms with Gasteiger partial charge < -0.3 is 14.2 Å². The fraction of sp³-hybridized carbons (Fsp3) is 0.744. The number of hydrogen-bond acceptors (Lipinski definition) is 5. The minimum absolute atomic E-state index is 0.0195. The molecule has 2 atom stereocenters. The smallest absolute Gasteiger partial charge is 0.306 e. The van der Waals surface area contributed by atoms with Gasteiger partial charge in [0.2, 0.25) is 0 Å². The molecule has 1 fully saturated rings. The molecule has 0 N–H and O–H groups in total. The lowest BCUT2D eigenvalue weighted by molar-refractivity contribution is -0.145. The predicted octanol–water partition coefficient (Wildman–Crippen LogP) is 10.7. The van der Waals surface area contributed by atoms with E-state index in [1.54, 1.807) is 0 Å². The van der Waals surface area contributed by atoms with E-state index in [1.165, 1.54) is 70.3 Å². The maximum Gasteiger partial charge on any atom is 0.306 e. The molecule has 0 radical (unpaired) electrons.